The quantitative estimate of drug-likeness (QED) is 0.756. The summed E-state index contributed by atoms with van der Waals surface area (Å²) in [5.74, 6) is 1.92. The van der Waals surface area contributed by atoms with Gasteiger partial charge in [-0.05, 0) is 43.7 Å². The number of hydrogen-bond donors (Lipinski definition) is 1. The number of furan rings is 1. The van der Waals surface area contributed by atoms with Crippen LogP contribution in [-0.4, -0.2) is 6.04 Å². The van der Waals surface area contributed by atoms with Gasteiger partial charge in [0.25, 0.3) is 0 Å². The molecule has 1 saturated carbocycles. The zero-order valence-electron chi connectivity index (χ0n) is 7.91. The topological polar surface area (TPSA) is 39.2 Å². The third kappa shape index (κ3) is 2.34. The molecular formula is C11H17NO. The summed E-state index contributed by atoms with van der Waals surface area (Å²) >= 11 is 0. The molecule has 0 saturated heterocycles. The Hall–Kier alpha value is -0.760. The van der Waals surface area contributed by atoms with Crippen molar-refractivity contribution >= 4 is 0 Å². The summed E-state index contributed by atoms with van der Waals surface area (Å²) in [6, 6.07) is 4.48. The highest BCUT2D eigenvalue weighted by atomic mass is 16.3. The van der Waals surface area contributed by atoms with Crippen molar-refractivity contribution in [2.24, 2.45) is 11.7 Å². The maximum atomic E-state index is 5.85. The van der Waals surface area contributed by atoms with Crippen molar-refractivity contribution in [2.45, 2.75) is 38.1 Å². The van der Waals surface area contributed by atoms with Crippen LogP contribution in [0.1, 0.15) is 31.4 Å². The van der Waals surface area contributed by atoms with Crippen molar-refractivity contribution < 1.29 is 4.42 Å². The first kappa shape index (κ1) is 8.82. The van der Waals surface area contributed by atoms with E-state index < -0.39 is 0 Å². The van der Waals surface area contributed by atoms with E-state index in [1.807, 2.05) is 6.07 Å². The SMILES string of the molecule is NC1CCC(Cc2ccco2)CC1. The van der Waals surface area contributed by atoms with E-state index in [9.17, 15) is 0 Å². The molecule has 0 aliphatic heterocycles. The fraction of sp³-hybridized carbons (Fsp3) is 0.636. The van der Waals surface area contributed by atoms with Gasteiger partial charge in [0.05, 0.1) is 6.26 Å². The highest BCUT2D eigenvalue weighted by molar-refractivity contribution is 4.99. The average Bonchev–Trinajstić information content (AvgIpc) is 2.62. The Labute approximate surface area is 79.1 Å². The first-order valence-corrected chi connectivity index (χ1v) is 5.12. The van der Waals surface area contributed by atoms with Gasteiger partial charge in [0, 0.05) is 12.5 Å². The lowest BCUT2D eigenvalue weighted by Crippen LogP contribution is -2.27. The highest BCUT2D eigenvalue weighted by Gasteiger charge is 2.19. The standard InChI is InChI=1S/C11H17NO/c12-10-5-3-9(4-6-10)8-11-2-1-7-13-11/h1-2,7,9-10H,3-6,8,12H2. The molecule has 0 amide bonds. The summed E-state index contributed by atoms with van der Waals surface area (Å²) in [6.45, 7) is 0. The lowest BCUT2D eigenvalue weighted by atomic mass is 9.84. The number of hydrogen-bond acceptors (Lipinski definition) is 2. The zero-order valence-corrected chi connectivity index (χ0v) is 7.91. The van der Waals surface area contributed by atoms with Crippen molar-refractivity contribution in [1.29, 1.82) is 0 Å². The van der Waals surface area contributed by atoms with Crippen molar-refractivity contribution in [3.05, 3.63) is 24.2 Å². The predicted octanol–water partition coefficient (Wildman–Crippen LogP) is 2.34. The second-order valence-electron chi connectivity index (χ2n) is 4.06. The van der Waals surface area contributed by atoms with E-state index in [2.05, 4.69) is 6.07 Å². The molecule has 0 atom stereocenters. The average molecular weight is 179 g/mol. The molecule has 0 spiro atoms. The molecule has 1 aromatic heterocycles. The molecule has 0 radical (unpaired) electrons. The van der Waals surface area contributed by atoms with Crippen LogP contribution in [0.4, 0.5) is 0 Å². The van der Waals surface area contributed by atoms with Crippen molar-refractivity contribution in [1.82, 2.24) is 0 Å². The monoisotopic (exact) mass is 179 g/mol. The molecule has 2 nitrogen and oxygen atoms in total. The van der Waals surface area contributed by atoms with Crippen LogP contribution < -0.4 is 5.73 Å². The maximum absolute atomic E-state index is 5.85. The molecule has 1 heterocycles. The lowest BCUT2D eigenvalue weighted by molar-refractivity contribution is 0.308. The van der Waals surface area contributed by atoms with E-state index in [0.29, 0.717) is 6.04 Å². The van der Waals surface area contributed by atoms with E-state index in [-0.39, 0.29) is 0 Å². The van der Waals surface area contributed by atoms with E-state index >= 15 is 0 Å². The molecule has 0 bridgehead atoms. The minimum Gasteiger partial charge on any atom is -0.469 e. The maximum Gasteiger partial charge on any atom is 0.104 e. The van der Waals surface area contributed by atoms with Gasteiger partial charge in [-0.3, -0.25) is 0 Å². The third-order valence-corrected chi connectivity index (χ3v) is 2.96. The van der Waals surface area contributed by atoms with E-state index in [1.54, 1.807) is 6.26 Å². The van der Waals surface area contributed by atoms with Crippen LogP contribution in [0, 0.1) is 5.92 Å². The molecular weight excluding hydrogens is 162 g/mol. The van der Waals surface area contributed by atoms with Gasteiger partial charge in [-0.25, -0.2) is 0 Å². The van der Waals surface area contributed by atoms with Gasteiger partial charge in [-0.2, -0.15) is 0 Å². The lowest BCUT2D eigenvalue weighted by Gasteiger charge is -2.25. The fourth-order valence-corrected chi connectivity index (χ4v) is 2.11. The van der Waals surface area contributed by atoms with Crippen LogP contribution in [0.5, 0.6) is 0 Å². The predicted molar refractivity (Wildman–Crippen MR) is 52.3 cm³/mol. The second-order valence-corrected chi connectivity index (χ2v) is 4.06. The summed E-state index contributed by atoms with van der Waals surface area (Å²) in [5.41, 5.74) is 5.85. The Bertz CT molecular complexity index is 235. The van der Waals surface area contributed by atoms with Crippen LogP contribution in [0.3, 0.4) is 0 Å². The molecule has 2 heteroatoms. The minimum absolute atomic E-state index is 0.452. The minimum atomic E-state index is 0.452. The van der Waals surface area contributed by atoms with Gasteiger partial charge in [0.1, 0.15) is 5.76 Å². The van der Waals surface area contributed by atoms with Gasteiger partial charge in [0.2, 0.25) is 0 Å². The molecule has 1 aliphatic rings. The molecule has 2 N–H and O–H groups in total. The summed E-state index contributed by atoms with van der Waals surface area (Å²) in [6.07, 6.45) is 7.75. The molecule has 13 heavy (non-hydrogen) atoms. The molecule has 2 rings (SSSR count). The first-order chi connectivity index (χ1) is 6.34. The summed E-state index contributed by atoms with van der Waals surface area (Å²) in [4.78, 5) is 0. The fourth-order valence-electron chi connectivity index (χ4n) is 2.11. The zero-order chi connectivity index (χ0) is 9.10. The normalized spacial score (nSPS) is 29.0. The molecule has 0 unspecified atom stereocenters. The van der Waals surface area contributed by atoms with Crippen LogP contribution in [-0.2, 0) is 6.42 Å². The molecule has 72 valence electrons. The Balaban J connectivity index is 1.83. The van der Waals surface area contributed by atoms with Gasteiger partial charge in [-0.15, -0.1) is 0 Å². The molecule has 1 aromatic rings. The van der Waals surface area contributed by atoms with E-state index in [1.165, 1.54) is 25.7 Å². The van der Waals surface area contributed by atoms with Crippen LogP contribution in [0.15, 0.2) is 22.8 Å². The third-order valence-electron chi connectivity index (χ3n) is 2.96. The van der Waals surface area contributed by atoms with Crippen molar-refractivity contribution in [2.75, 3.05) is 0 Å². The largest absolute Gasteiger partial charge is 0.469 e. The molecule has 0 aromatic carbocycles. The Morgan fingerprint density at radius 2 is 2.08 bits per heavy atom. The van der Waals surface area contributed by atoms with Gasteiger partial charge in [-0.1, -0.05) is 0 Å². The van der Waals surface area contributed by atoms with Crippen LogP contribution in [0.25, 0.3) is 0 Å². The first-order valence-electron chi connectivity index (χ1n) is 5.12. The highest BCUT2D eigenvalue weighted by Crippen LogP contribution is 2.26. The summed E-state index contributed by atoms with van der Waals surface area (Å²) < 4.78 is 5.33. The Morgan fingerprint density at radius 3 is 2.69 bits per heavy atom. The smallest absolute Gasteiger partial charge is 0.104 e. The second kappa shape index (κ2) is 3.97. The molecule has 1 fully saturated rings. The van der Waals surface area contributed by atoms with E-state index in [4.69, 9.17) is 10.2 Å². The Morgan fingerprint density at radius 1 is 1.31 bits per heavy atom. The summed E-state index contributed by atoms with van der Waals surface area (Å²) in [7, 11) is 0. The number of rotatable bonds is 2. The van der Waals surface area contributed by atoms with Gasteiger partial charge >= 0.3 is 0 Å². The van der Waals surface area contributed by atoms with Gasteiger partial charge in [0.15, 0.2) is 0 Å². The van der Waals surface area contributed by atoms with Crippen molar-refractivity contribution in [3.63, 3.8) is 0 Å². The molecule has 1 aliphatic carbocycles. The summed E-state index contributed by atoms with van der Waals surface area (Å²) in [5, 5.41) is 0. The van der Waals surface area contributed by atoms with Crippen LogP contribution >= 0.6 is 0 Å². The van der Waals surface area contributed by atoms with Crippen LogP contribution in [0.2, 0.25) is 0 Å². The Kier molecular flexibility index (Phi) is 2.69. The van der Waals surface area contributed by atoms with Gasteiger partial charge < -0.3 is 10.2 Å². The van der Waals surface area contributed by atoms with E-state index in [0.717, 1.165) is 18.1 Å². The number of nitrogens with two attached hydrogens (primary N) is 1. The van der Waals surface area contributed by atoms with Crippen molar-refractivity contribution in [3.8, 4) is 0 Å².